The summed E-state index contributed by atoms with van der Waals surface area (Å²) < 4.78 is 5.34. The average molecular weight is 278 g/mol. The van der Waals surface area contributed by atoms with Crippen LogP contribution >= 0.6 is 0 Å². The van der Waals surface area contributed by atoms with Crippen LogP contribution in [0, 0.1) is 6.92 Å². The molecule has 0 spiro atoms. The van der Waals surface area contributed by atoms with Crippen molar-refractivity contribution in [1.82, 2.24) is 4.90 Å². The summed E-state index contributed by atoms with van der Waals surface area (Å²) in [4.78, 5) is 13.8. The summed E-state index contributed by atoms with van der Waals surface area (Å²) in [7, 11) is 3.48. The summed E-state index contributed by atoms with van der Waals surface area (Å²) >= 11 is 0. The predicted octanol–water partition coefficient (Wildman–Crippen LogP) is 2.48. The van der Waals surface area contributed by atoms with Gasteiger partial charge in [-0.1, -0.05) is 17.7 Å². The molecule has 112 valence electrons. The number of ether oxygens (including phenoxy) is 1. The molecule has 1 rings (SSSR count). The van der Waals surface area contributed by atoms with Crippen LogP contribution < -0.4 is 10.5 Å². The lowest BCUT2D eigenvalue weighted by molar-refractivity contribution is -0.130. The number of aryl methyl sites for hydroxylation is 1. The highest BCUT2D eigenvalue weighted by Gasteiger charge is 2.12. The van der Waals surface area contributed by atoms with Crippen LogP contribution in [-0.4, -0.2) is 31.0 Å². The maximum Gasteiger partial charge on any atom is 0.222 e. The molecule has 1 unspecified atom stereocenters. The molecular weight excluding hydrogens is 252 g/mol. The summed E-state index contributed by atoms with van der Waals surface area (Å²) in [6.07, 6.45) is 2.27. The lowest BCUT2D eigenvalue weighted by atomic mass is 10.1. The number of nitrogens with zero attached hydrogens (tertiary/aromatic N) is 1. The van der Waals surface area contributed by atoms with Crippen LogP contribution in [0.5, 0.6) is 5.75 Å². The van der Waals surface area contributed by atoms with Crippen molar-refractivity contribution in [3.8, 4) is 5.75 Å². The Morgan fingerprint density at radius 1 is 1.45 bits per heavy atom. The third kappa shape index (κ3) is 5.21. The van der Waals surface area contributed by atoms with Gasteiger partial charge in [-0.25, -0.2) is 0 Å². The van der Waals surface area contributed by atoms with Crippen molar-refractivity contribution in [3.05, 3.63) is 29.3 Å². The number of amides is 1. The second-order valence-electron chi connectivity index (χ2n) is 5.43. The van der Waals surface area contributed by atoms with E-state index in [1.165, 1.54) is 5.56 Å². The fourth-order valence-electron chi connectivity index (χ4n) is 2.14. The molecule has 1 aromatic rings. The van der Waals surface area contributed by atoms with Crippen molar-refractivity contribution in [2.75, 3.05) is 14.2 Å². The number of nitrogens with two attached hydrogens (primary N) is 1. The molecule has 0 radical (unpaired) electrons. The summed E-state index contributed by atoms with van der Waals surface area (Å²) in [6.45, 7) is 4.57. The molecule has 0 aromatic heterocycles. The van der Waals surface area contributed by atoms with Crippen molar-refractivity contribution in [1.29, 1.82) is 0 Å². The highest BCUT2D eigenvalue weighted by molar-refractivity contribution is 5.75. The Morgan fingerprint density at radius 2 is 2.15 bits per heavy atom. The Morgan fingerprint density at radius 3 is 2.75 bits per heavy atom. The largest absolute Gasteiger partial charge is 0.496 e. The smallest absolute Gasteiger partial charge is 0.222 e. The van der Waals surface area contributed by atoms with Gasteiger partial charge in [0.15, 0.2) is 0 Å². The Bertz CT molecular complexity index is 444. The van der Waals surface area contributed by atoms with Crippen molar-refractivity contribution in [3.63, 3.8) is 0 Å². The molecule has 2 N–H and O–H groups in total. The van der Waals surface area contributed by atoms with Gasteiger partial charge >= 0.3 is 0 Å². The minimum atomic E-state index is 0.147. The number of carbonyl (C=O) groups is 1. The highest BCUT2D eigenvalue weighted by atomic mass is 16.5. The van der Waals surface area contributed by atoms with Crippen LogP contribution in [0.15, 0.2) is 18.2 Å². The zero-order valence-corrected chi connectivity index (χ0v) is 13.0. The van der Waals surface area contributed by atoms with Gasteiger partial charge in [0.2, 0.25) is 5.91 Å². The molecule has 0 heterocycles. The van der Waals surface area contributed by atoms with E-state index in [0.29, 0.717) is 13.0 Å². The van der Waals surface area contributed by atoms with Crippen molar-refractivity contribution >= 4 is 5.91 Å². The topological polar surface area (TPSA) is 55.6 Å². The van der Waals surface area contributed by atoms with E-state index in [4.69, 9.17) is 10.5 Å². The molecule has 20 heavy (non-hydrogen) atoms. The van der Waals surface area contributed by atoms with E-state index in [9.17, 15) is 4.79 Å². The van der Waals surface area contributed by atoms with E-state index in [-0.39, 0.29) is 11.9 Å². The predicted molar refractivity (Wildman–Crippen MR) is 81.7 cm³/mol. The number of benzene rings is 1. The zero-order chi connectivity index (χ0) is 15.1. The van der Waals surface area contributed by atoms with Gasteiger partial charge in [-0.3, -0.25) is 4.79 Å². The van der Waals surface area contributed by atoms with Crippen molar-refractivity contribution < 1.29 is 9.53 Å². The van der Waals surface area contributed by atoms with Gasteiger partial charge in [-0.2, -0.15) is 0 Å². The van der Waals surface area contributed by atoms with Crippen LogP contribution in [-0.2, 0) is 11.3 Å². The molecule has 0 bridgehead atoms. The van der Waals surface area contributed by atoms with E-state index < -0.39 is 0 Å². The van der Waals surface area contributed by atoms with Crippen LogP contribution in [0.3, 0.4) is 0 Å². The molecular formula is C16H26N2O2. The van der Waals surface area contributed by atoms with Gasteiger partial charge in [0.1, 0.15) is 5.75 Å². The Labute approximate surface area is 121 Å². The maximum atomic E-state index is 12.1. The average Bonchev–Trinajstić information content (AvgIpc) is 2.38. The van der Waals surface area contributed by atoms with Crippen LogP contribution in [0.25, 0.3) is 0 Å². The van der Waals surface area contributed by atoms with Gasteiger partial charge in [0.05, 0.1) is 7.11 Å². The Balaban J connectivity index is 2.58. The van der Waals surface area contributed by atoms with Gasteiger partial charge in [-0.05, 0) is 32.8 Å². The Hall–Kier alpha value is -1.55. The van der Waals surface area contributed by atoms with E-state index in [2.05, 4.69) is 6.07 Å². The fourth-order valence-corrected chi connectivity index (χ4v) is 2.14. The molecule has 0 saturated carbocycles. The number of carbonyl (C=O) groups excluding carboxylic acids is 1. The van der Waals surface area contributed by atoms with Crippen LogP contribution in [0.1, 0.15) is 37.3 Å². The quantitative estimate of drug-likeness (QED) is 0.833. The van der Waals surface area contributed by atoms with E-state index in [1.54, 1.807) is 12.0 Å². The number of rotatable bonds is 7. The monoisotopic (exact) mass is 278 g/mol. The van der Waals surface area contributed by atoms with Crippen LogP contribution in [0.4, 0.5) is 0 Å². The summed E-state index contributed by atoms with van der Waals surface area (Å²) in [5, 5.41) is 0. The van der Waals surface area contributed by atoms with Gasteiger partial charge < -0.3 is 15.4 Å². The summed E-state index contributed by atoms with van der Waals surface area (Å²) in [5.74, 6) is 0.972. The first-order valence-corrected chi connectivity index (χ1v) is 7.07. The highest BCUT2D eigenvalue weighted by Crippen LogP contribution is 2.21. The molecule has 0 aliphatic rings. The first-order valence-electron chi connectivity index (χ1n) is 7.07. The first-order chi connectivity index (χ1) is 9.43. The molecule has 0 aliphatic carbocycles. The number of hydrogen-bond donors (Lipinski definition) is 1. The standard InChI is InChI=1S/C16H26N2O2/c1-12-8-9-15(20-4)14(10-12)11-18(3)16(19)7-5-6-13(2)17/h8-10,13H,5-7,11,17H2,1-4H3. The van der Waals surface area contributed by atoms with Gasteiger partial charge in [-0.15, -0.1) is 0 Å². The molecule has 1 amide bonds. The summed E-state index contributed by atoms with van der Waals surface area (Å²) in [5.41, 5.74) is 7.89. The third-order valence-electron chi connectivity index (χ3n) is 3.32. The minimum Gasteiger partial charge on any atom is -0.496 e. The molecule has 0 fully saturated rings. The molecule has 0 saturated heterocycles. The SMILES string of the molecule is COc1ccc(C)cc1CN(C)C(=O)CCCC(C)N. The number of hydrogen-bond acceptors (Lipinski definition) is 3. The van der Waals surface area contributed by atoms with Crippen molar-refractivity contribution in [2.24, 2.45) is 5.73 Å². The second kappa shape index (κ2) is 7.90. The van der Waals surface area contributed by atoms with E-state index >= 15 is 0 Å². The molecule has 4 nitrogen and oxygen atoms in total. The number of methoxy groups -OCH3 is 1. The molecule has 4 heteroatoms. The lowest BCUT2D eigenvalue weighted by Crippen LogP contribution is -2.26. The second-order valence-corrected chi connectivity index (χ2v) is 5.43. The lowest BCUT2D eigenvalue weighted by Gasteiger charge is -2.19. The van der Waals surface area contributed by atoms with E-state index in [1.807, 2.05) is 33.0 Å². The molecule has 1 aromatic carbocycles. The minimum absolute atomic E-state index is 0.147. The van der Waals surface area contributed by atoms with Crippen molar-refractivity contribution in [2.45, 2.75) is 45.7 Å². The van der Waals surface area contributed by atoms with E-state index in [0.717, 1.165) is 24.2 Å². The molecule has 0 aliphatic heterocycles. The fraction of sp³-hybridized carbons (Fsp3) is 0.562. The Kier molecular flexibility index (Phi) is 6.52. The summed E-state index contributed by atoms with van der Waals surface area (Å²) in [6, 6.07) is 6.17. The zero-order valence-electron chi connectivity index (χ0n) is 13.0. The van der Waals surface area contributed by atoms with Gasteiger partial charge in [0.25, 0.3) is 0 Å². The normalized spacial score (nSPS) is 12.1. The first kappa shape index (κ1) is 16.5. The third-order valence-corrected chi connectivity index (χ3v) is 3.32. The van der Waals surface area contributed by atoms with Gasteiger partial charge in [0, 0.05) is 31.6 Å². The van der Waals surface area contributed by atoms with Crippen LogP contribution in [0.2, 0.25) is 0 Å². The molecule has 1 atom stereocenters. The maximum absolute atomic E-state index is 12.1.